The van der Waals surface area contributed by atoms with E-state index >= 15 is 0 Å². The van der Waals surface area contributed by atoms with Crippen LogP contribution in [0.4, 0.5) is 43.7 Å². The Morgan fingerprint density at radius 1 is 0.865 bits per heavy atom. The molecule has 194 valence electrons. The minimum absolute atomic E-state index is 0.0482. The molecule has 0 atom stereocenters. The Morgan fingerprint density at radius 3 is 2.24 bits per heavy atom. The molecule has 0 aliphatic heterocycles. The van der Waals surface area contributed by atoms with E-state index in [1.54, 1.807) is 13.8 Å². The first-order valence-electron chi connectivity index (χ1n) is 10.5. The lowest BCUT2D eigenvalue weighted by Gasteiger charge is -2.24. The number of rotatable bonds is 6. The molecule has 0 spiro atoms. The summed E-state index contributed by atoms with van der Waals surface area (Å²) in [6.07, 6.45) is -6.34. The molecule has 0 aromatic carbocycles. The SMILES string of the molecule is CC(C)(CO)Nc1cc(C(F)(F)F)c(-c2cnc3c(Nc4ccc(C(F)(F)F)cn4)ccnc3n2)nn1. The van der Waals surface area contributed by atoms with E-state index in [0.717, 1.165) is 24.4 Å². The topological polar surface area (TPSA) is 122 Å². The average molecular weight is 524 g/mol. The molecule has 0 bridgehead atoms. The number of aromatic nitrogens is 6. The van der Waals surface area contributed by atoms with Gasteiger partial charge in [0, 0.05) is 12.4 Å². The summed E-state index contributed by atoms with van der Waals surface area (Å²) in [5, 5.41) is 22.3. The van der Waals surface area contributed by atoms with Crippen molar-refractivity contribution in [1.29, 1.82) is 0 Å². The highest BCUT2D eigenvalue weighted by Gasteiger charge is 2.36. The zero-order valence-electron chi connectivity index (χ0n) is 19.1. The van der Waals surface area contributed by atoms with Crippen molar-refractivity contribution < 1.29 is 31.4 Å². The van der Waals surface area contributed by atoms with Crippen LogP contribution in [0.3, 0.4) is 0 Å². The van der Waals surface area contributed by atoms with Crippen molar-refractivity contribution >= 4 is 28.5 Å². The lowest BCUT2D eigenvalue weighted by molar-refractivity contribution is -0.138. The van der Waals surface area contributed by atoms with Gasteiger partial charge in [-0.15, -0.1) is 10.2 Å². The second kappa shape index (κ2) is 9.38. The quantitative estimate of drug-likeness (QED) is 0.304. The van der Waals surface area contributed by atoms with E-state index in [4.69, 9.17) is 0 Å². The fourth-order valence-corrected chi connectivity index (χ4v) is 3.15. The average Bonchev–Trinajstić information content (AvgIpc) is 2.83. The zero-order valence-corrected chi connectivity index (χ0v) is 19.1. The van der Waals surface area contributed by atoms with Gasteiger partial charge in [-0.05, 0) is 38.1 Å². The number of alkyl halides is 6. The highest BCUT2D eigenvalue weighted by atomic mass is 19.4. The van der Waals surface area contributed by atoms with Crippen LogP contribution in [0.2, 0.25) is 0 Å². The maximum Gasteiger partial charge on any atom is 0.418 e. The van der Waals surface area contributed by atoms with E-state index in [-0.39, 0.29) is 40.8 Å². The second-order valence-corrected chi connectivity index (χ2v) is 8.50. The fourth-order valence-electron chi connectivity index (χ4n) is 3.15. The first kappa shape index (κ1) is 25.9. The molecule has 4 heterocycles. The summed E-state index contributed by atoms with van der Waals surface area (Å²) in [7, 11) is 0. The number of nitrogens with zero attached hydrogens (tertiary/aromatic N) is 6. The number of halogens is 6. The monoisotopic (exact) mass is 524 g/mol. The van der Waals surface area contributed by atoms with Crippen LogP contribution in [-0.2, 0) is 12.4 Å². The molecule has 4 aromatic rings. The molecule has 0 unspecified atom stereocenters. The molecule has 9 nitrogen and oxygen atoms in total. The molecule has 0 amide bonds. The van der Waals surface area contributed by atoms with Gasteiger partial charge in [-0.2, -0.15) is 26.3 Å². The normalized spacial score (nSPS) is 12.6. The summed E-state index contributed by atoms with van der Waals surface area (Å²) in [5.41, 5.74) is -3.48. The van der Waals surface area contributed by atoms with Crippen molar-refractivity contribution in [1.82, 2.24) is 30.1 Å². The van der Waals surface area contributed by atoms with Crippen molar-refractivity contribution in [3.05, 3.63) is 54.0 Å². The van der Waals surface area contributed by atoms with Gasteiger partial charge in [0.25, 0.3) is 0 Å². The summed E-state index contributed by atoms with van der Waals surface area (Å²) in [5.74, 6) is -0.122. The molecule has 0 fully saturated rings. The molecule has 0 aliphatic carbocycles. The molecule has 0 radical (unpaired) electrons. The molecule has 0 saturated heterocycles. The van der Waals surface area contributed by atoms with Gasteiger partial charge in [0.05, 0.1) is 35.2 Å². The molecule has 37 heavy (non-hydrogen) atoms. The number of fused-ring (bicyclic) bond motifs is 1. The van der Waals surface area contributed by atoms with E-state index in [1.807, 2.05) is 0 Å². The zero-order chi connectivity index (χ0) is 27.0. The number of aliphatic hydroxyl groups excluding tert-OH is 1. The second-order valence-electron chi connectivity index (χ2n) is 8.50. The Labute approximate surface area is 205 Å². The number of nitrogens with one attached hydrogen (secondary N) is 2. The molecule has 15 heteroatoms. The van der Waals surface area contributed by atoms with E-state index < -0.39 is 34.7 Å². The minimum atomic E-state index is -4.81. The first-order chi connectivity index (χ1) is 17.3. The number of hydrogen-bond donors (Lipinski definition) is 3. The maximum atomic E-state index is 13.9. The summed E-state index contributed by atoms with van der Waals surface area (Å²) in [4.78, 5) is 16.1. The molecule has 4 rings (SSSR count). The third-order valence-electron chi connectivity index (χ3n) is 5.00. The van der Waals surface area contributed by atoms with E-state index in [1.165, 1.54) is 12.3 Å². The smallest absolute Gasteiger partial charge is 0.394 e. The Morgan fingerprint density at radius 2 is 1.62 bits per heavy atom. The van der Waals surface area contributed by atoms with Crippen LogP contribution in [0, 0.1) is 0 Å². The third kappa shape index (κ3) is 5.82. The summed E-state index contributed by atoms with van der Waals surface area (Å²) in [6.45, 7) is 2.78. The van der Waals surface area contributed by atoms with Crippen molar-refractivity contribution in [3.63, 3.8) is 0 Å². The molecular weight excluding hydrogens is 506 g/mol. The Balaban J connectivity index is 1.70. The molecule has 3 N–H and O–H groups in total. The molecule has 4 aromatic heterocycles. The standard InChI is InChI=1S/C22H18F6N8O/c1-20(2,10-37)34-16-7-12(22(26,27)28)17(36-35-16)14-9-31-18-13(5-6-29-19(18)33-14)32-15-4-3-11(8-30-15)21(23,24)25/h3-9,37H,10H2,1-2H3,(H,34,35)(H,29,30,32,33). The lowest BCUT2D eigenvalue weighted by Crippen LogP contribution is -2.35. The first-order valence-corrected chi connectivity index (χ1v) is 10.5. The van der Waals surface area contributed by atoms with Crippen molar-refractivity contribution in [2.75, 3.05) is 17.2 Å². The van der Waals surface area contributed by atoms with Crippen molar-refractivity contribution in [3.8, 4) is 11.4 Å². The Kier molecular flexibility index (Phi) is 6.58. The van der Waals surface area contributed by atoms with Gasteiger partial charge in [0.1, 0.15) is 28.5 Å². The highest BCUT2D eigenvalue weighted by Crippen LogP contribution is 2.37. The van der Waals surface area contributed by atoms with Crippen LogP contribution in [0.1, 0.15) is 25.0 Å². The maximum absolute atomic E-state index is 13.9. The summed E-state index contributed by atoms with van der Waals surface area (Å²) < 4.78 is 79.9. The largest absolute Gasteiger partial charge is 0.418 e. The van der Waals surface area contributed by atoms with Gasteiger partial charge < -0.3 is 15.7 Å². The summed E-state index contributed by atoms with van der Waals surface area (Å²) in [6, 6.07) is 4.18. The van der Waals surface area contributed by atoms with Crippen LogP contribution in [0.25, 0.3) is 22.6 Å². The van der Waals surface area contributed by atoms with Gasteiger partial charge in [-0.25, -0.2) is 19.9 Å². The number of pyridine rings is 2. The Bertz CT molecular complexity index is 1420. The van der Waals surface area contributed by atoms with Crippen LogP contribution in [0.15, 0.2) is 42.9 Å². The van der Waals surface area contributed by atoms with Crippen LogP contribution in [0.5, 0.6) is 0 Å². The third-order valence-corrected chi connectivity index (χ3v) is 5.00. The van der Waals surface area contributed by atoms with Crippen molar-refractivity contribution in [2.24, 2.45) is 0 Å². The molecule has 0 saturated carbocycles. The Hall–Kier alpha value is -4.14. The van der Waals surface area contributed by atoms with Gasteiger partial charge in [-0.3, -0.25) is 0 Å². The van der Waals surface area contributed by atoms with Crippen molar-refractivity contribution in [2.45, 2.75) is 31.7 Å². The van der Waals surface area contributed by atoms with Gasteiger partial charge >= 0.3 is 12.4 Å². The van der Waals surface area contributed by atoms with E-state index in [9.17, 15) is 31.4 Å². The van der Waals surface area contributed by atoms with E-state index in [2.05, 4.69) is 40.8 Å². The fraction of sp³-hybridized carbons (Fsp3) is 0.273. The molecular formula is C22H18F6N8O. The highest BCUT2D eigenvalue weighted by molar-refractivity contribution is 5.87. The summed E-state index contributed by atoms with van der Waals surface area (Å²) >= 11 is 0. The minimum Gasteiger partial charge on any atom is -0.394 e. The lowest BCUT2D eigenvalue weighted by atomic mass is 10.1. The molecule has 0 aliphatic rings. The van der Waals surface area contributed by atoms with Crippen LogP contribution < -0.4 is 10.6 Å². The van der Waals surface area contributed by atoms with Gasteiger partial charge in [0.15, 0.2) is 5.65 Å². The van der Waals surface area contributed by atoms with E-state index in [0.29, 0.717) is 6.20 Å². The number of hydrogen-bond acceptors (Lipinski definition) is 9. The van der Waals surface area contributed by atoms with Gasteiger partial charge in [-0.1, -0.05) is 0 Å². The van der Waals surface area contributed by atoms with Crippen LogP contribution >= 0.6 is 0 Å². The number of anilines is 3. The predicted octanol–water partition coefficient (Wildman–Crippen LogP) is 4.84. The number of aliphatic hydroxyl groups is 1. The van der Waals surface area contributed by atoms with Gasteiger partial charge in [0.2, 0.25) is 0 Å². The predicted molar refractivity (Wildman–Crippen MR) is 121 cm³/mol. The van der Waals surface area contributed by atoms with Crippen LogP contribution in [-0.4, -0.2) is 47.4 Å².